The Bertz CT molecular complexity index is 1290. The minimum Gasteiger partial charge on any atom is -0.506 e. The molecular weight excluding hydrogens is 560 g/mol. The summed E-state index contributed by atoms with van der Waals surface area (Å²) in [6.45, 7) is 11.8. The molecule has 11 nitrogen and oxygen atoms in total. The van der Waals surface area contributed by atoms with E-state index >= 15 is 0 Å². The smallest absolute Gasteiger partial charge is 0.204 e. The molecule has 1 aliphatic rings. The van der Waals surface area contributed by atoms with Gasteiger partial charge in [-0.05, 0) is 57.0 Å². The molecular formula is C33H48N6O5. The summed E-state index contributed by atoms with van der Waals surface area (Å²) in [5.74, 6) is 3.45. The molecule has 1 aliphatic heterocycles. The van der Waals surface area contributed by atoms with E-state index in [1.165, 1.54) is 0 Å². The highest BCUT2D eigenvalue weighted by molar-refractivity contribution is 5.78. The zero-order valence-electron chi connectivity index (χ0n) is 26.0. The number of aryl methyl sites for hydroxylation is 1. The Hall–Kier alpha value is -3.24. The van der Waals surface area contributed by atoms with Crippen LogP contribution in [-0.4, -0.2) is 116 Å². The third-order valence-electron chi connectivity index (χ3n) is 7.52. The number of benzene rings is 1. The number of terminal acetylenes is 1. The molecule has 1 aromatic carbocycles. The van der Waals surface area contributed by atoms with Crippen molar-refractivity contribution in [3.05, 3.63) is 47.8 Å². The fourth-order valence-corrected chi connectivity index (χ4v) is 5.15. The van der Waals surface area contributed by atoms with Crippen LogP contribution in [0.2, 0.25) is 0 Å². The first-order chi connectivity index (χ1) is 21.6. The zero-order chi connectivity index (χ0) is 30.8. The molecule has 0 amide bonds. The lowest BCUT2D eigenvalue weighted by atomic mass is 10.1. The standard InChI is InChI=1S/C33H48N6O5/c1-3-18-41-20-22-43-24-25-44-23-21-42-19-6-13-34-14-17-38-15-11-28(12-16-38)36-33-37-29-7-4-5-8-31(29)39(33)26-30-32(40)10-9-27(2)35-30/h1,4-5,7-10,28,34,40H,6,11-26H2,2H3,(H,36,37). The van der Waals surface area contributed by atoms with Gasteiger partial charge in [-0.15, -0.1) is 6.42 Å². The molecule has 3 heterocycles. The number of para-hydroxylation sites is 2. The Morgan fingerprint density at radius 3 is 2.36 bits per heavy atom. The number of aromatic hydroxyl groups is 1. The summed E-state index contributed by atoms with van der Waals surface area (Å²) in [6.07, 6.45) is 8.20. The summed E-state index contributed by atoms with van der Waals surface area (Å²) >= 11 is 0. The van der Waals surface area contributed by atoms with Crippen molar-refractivity contribution in [2.24, 2.45) is 0 Å². The molecule has 1 saturated heterocycles. The van der Waals surface area contributed by atoms with Gasteiger partial charge in [0.2, 0.25) is 5.95 Å². The molecule has 0 radical (unpaired) electrons. The average molecular weight is 609 g/mol. The highest BCUT2D eigenvalue weighted by atomic mass is 16.6. The van der Waals surface area contributed by atoms with Gasteiger partial charge in [0.05, 0.1) is 57.2 Å². The molecule has 4 rings (SSSR count). The Labute approximate surface area is 261 Å². The summed E-state index contributed by atoms with van der Waals surface area (Å²) in [7, 11) is 0. The van der Waals surface area contributed by atoms with Crippen LogP contribution in [0.15, 0.2) is 36.4 Å². The number of hydrogen-bond acceptors (Lipinski definition) is 10. The van der Waals surface area contributed by atoms with Crippen LogP contribution >= 0.6 is 0 Å². The number of hydrogen-bond donors (Lipinski definition) is 3. The first kappa shape index (κ1) is 33.6. The van der Waals surface area contributed by atoms with E-state index in [9.17, 15) is 5.11 Å². The van der Waals surface area contributed by atoms with Gasteiger partial charge in [-0.3, -0.25) is 4.98 Å². The van der Waals surface area contributed by atoms with Crippen molar-refractivity contribution in [1.29, 1.82) is 0 Å². The fraction of sp³-hybridized carbons (Fsp3) is 0.576. The monoisotopic (exact) mass is 608 g/mol. The molecule has 3 N–H and O–H groups in total. The van der Waals surface area contributed by atoms with Crippen LogP contribution in [0.25, 0.3) is 11.0 Å². The maximum absolute atomic E-state index is 10.4. The van der Waals surface area contributed by atoms with E-state index in [1.807, 2.05) is 31.2 Å². The zero-order valence-corrected chi connectivity index (χ0v) is 26.0. The third-order valence-corrected chi connectivity index (χ3v) is 7.52. The van der Waals surface area contributed by atoms with Gasteiger partial charge in [-0.2, -0.15) is 0 Å². The number of aromatic nitrogens is 3. The summed E-state index contributed by atoms with van der Waals surface area (Å²) in [5, 5.41) is 17.7. The van der Waals surface area contributed by atoms with Crippen LogP contribution in [0.3, 0.4) is 0 Å². The number of rotatable bonds is 21. The summed E-state index contributed by atoms with van der Waals surface area (Å²) in [6, 6.07) is 12.0. The summed E-state index contributed by atoms with van der Waals surface area (Å²) in [5.41, 5.74) is 3.49. The number of anilines is 1. The molecule has 44 heavy (non-hydrogen) atoms. The number of imidazole rings is 1. The Kier molecular flexibility index (Phi) is 14.7. The Morgan fingerprint density at radius 2 is 1.61 bits per heavy atom. The van der Waals surface area contributed by atoms with Crippen LogP contribution in [0.4, 0.5) is 5.95 Å². The maximum atomic E-state index is 10.4. The molecule has 0 atom stereocenters. The van der Waals surface area contributed by atoms with Gasteiger partial charge in [-0.1, -0.05) is 18.1 Å². The van der Waals surface area contributed by atoms with Gasteiger partial charge < -0.3 is 44.2 Å². The number of piperidine rings is 1. The van der Waals surface area contributed by atoms with Gasteiger partial charge in [-0.25, -0.2) is 4.98 Å². The van der Waals surface area contributed by atoms with Crippen LogP contribution in [0.1, 0.15) is 30.7 Å². The van der Waals surface area contributed by atoms with E-state index in [1.54, 1.807) is 6.07 Å². The second-order valence-electron chi connectivity index (χ2n) is 10.9. The third kappa shape index (κ3) is 11.4. The van der Waals surface area contributed by atoms with E-state index in [2.05, 4.69) is 37.1 Å². The number of nitrogens with one attached hydrogen (secondary N) is 2. The van der Waals surface area contributed by atoms with Crippen LogP contribution < -0.4 is 10.6 Å². The number of ether oxygens (including phenoxy) is 4. The predicted octanol–water partition coefficient (Wildman–Crippen LogP) is 3.05. The first-order valence-electron chi connectivity index (χ1n) is 15.7. The lowest BCUT2D eigenvalue weighted by Gasteiger charge is -2.32. The van der Waals surface area contributed by atoms with Crippen LogP contribution in [0.5, 0.6) is 5.75 Å². The minimum atomic E-state index is 0.205. The molecule has 0 aliphatic carbocycles. The van der Waals surface area contributed by atoms with E-state index in [0.29, 0.717) is 64.5 Å². The quantitative estimate of drug-likeness (QED) is 0.123. The molecule has 3 aromatic rings. The van der Waals surface area contributed by atoms with E-state index in [4.69, 9.17) is 30.4 Å². The lowest BCUT2D eigenvalue weighted by Crippen LogP contribution is -2.42. The van der Waals surface area contributed by atoms with Crippen molar-refractivity contribution >= 4 is 17.0 Å². The van der Waals surface area contributed by atoms with Gasteiger partial charge >= 0.3 is 0 Å². The van der Waals surface area contributed by atoms with Crippen molar-refractivity contribution in [3.8, 4) is 18.1 Å². The van der Waals surface area contributed by atoms with Crippen LogP contribution in [0, 0.1) is 19.3 Å². The van der Waals surface area contributed by atoms with Gasteiger partial charge in [0.25, 0.3) is 0 Å². The first-order valence-corrected chi connectivity index (χ1v) is 15.7. The molecule has 0 spiro atoms. The largest absolute Gasteiger partial charge is 0.506 e. The van der Waals surface area contributed by atoms with E-state index in [-0.39, 0.29) is 5.75 Å². The van der Waals surface area contributed by atoms with Crippen LogP contribution in [-0.2, 0) is 25.5 Å². The molecule has 0 unspecified atom stereocenters. The topological polar surface area (TPSA) is 115 Å². The second kappa shape index (κ2) is 19.2. The van der Waals surface area contributed by atoms with Crippen molar-refractivity contribution < 1.29 is 24.1 Å². The Balaban J connectivity index is 1.05. The maximum Gasteiger partial charge on any atom is 0.204 e. The van der Waals surface area contributed by atoms with Crippen molar-refractivity contribution in [3.63, 3.8) is 0 Å². The number of nitrogens with zero attached hydrogens (tertiary/aromatic N) is 4. The number of fused-ring (bicyclic) bond motifs is 1. The molecule has 11 heteroatoms. The Morgan fingerprint density at radius 1 is 0.909 bits per heavy atom. The SMILES string of the molecule is C#CCOCCOCCOCCOCCCNCCN1CCC(Nc2nc3ccccc3n2Cc2nc(C)ccc2O)CC1. The van der Waals surface area contributed by atoms with Crippen molar-refractivity contribution in [2.75, 3.05) is 90.9 Å². The van der Waals surface area contributed by atoms with E-state index in [0.717, 1.165) is 81.3 Å². The van der Waals surface area contributed by atoms with Gasteiger partial charge in [0.1, 0.15) is 18.1 Å². The average Bonchev–Trinajstić information content (AvgIpc) is 3.37. The van der Waals surface area contributed by atoms with Crippen molar-refractivity contribution in [2.45, 2.75) is 38.8 Å². The van der Waals surface area contributed by atoms with Gasteiger partial charge in [0.15, 0.2) is 0 Å². The molecule has 0 bridgehead atoms. The predicted molar refractivity (Wildman–Crippen MR) is 172 cm³/mol. The molecule has 0 saturated carbocycles. The normalized spacial score (nSPS) is 14.3. The van der Waals surface area contributed by atoms with Crippen molar-refractivity contribution in [1.82, 2.24) is 24.8 Å². The summed E-state index contributed by atoms with van der Waals surface area (Å²) in [4.78, 5) is 12.0. The lowest BCUT2D eigenvalue weighted by molar-refractivity contribution is 0.00111. The number of likely N-dealkylation sites (tertiary alicyclic amines) is 1. The molecule has 2 aromatic heterocycles. The van der Waals surface area contributed by atoms with E-state index < -0.39 is 0 Å². The summed E-state index contributed by atoms with van der Waals surface area (Å²) < 4.78 is 23.8. The highest BCUT2D eigenvalue weighted by Crippen LogP contribution is 2.25. The molecule has 240 valence electrons. The second-order valence-corrected chi connectivity index (χ2v) is 10.9. The fourth-order valence-electron chi connectivity index (χ4n) is 5.15. The number of pyridine rings is 1. The van der Waals surface area contributed by atoms with Gasteiger partial charge in [0, 0.05) is 44.5 Å². The minimum absolute atomic E-state index is 0.205. The molecule has 1 fully saturated rings. The highest BCUT2D eigenvalue weighted by Gasteiger charge is 2.22.